The molecule has 86 heavy (non-hydrogen) atoms. The molecule has 5 nitrogen and oxygen atoms in total. The van der Waals surface area contributed by atoms with Crippen LogP contribution in [0.1, 0.15) is 44.5 Å². The van der Waals surface area contributed by atoms with E-state index in [1.54, 1.807) is 0 Å². The summed E-state index contributed by atoms with van der Waals surface area (Å²) in [6.45, 7) is 17.4. The SMILES string of the molecule is Cc1ccc(N(C)c2ccc3oc4ccc(N(c5ccc(-c6ccc(N(c7ccc(-c8ccc(N(c9ccc(-c%10ccccc%10)cc9)c9ccc(C)cc9C)cc8)cc7)c7ccc(C)cc7C)cc6)cc5)c5ccc(C)cc5C)cc4c3c2)c(C)c1. The number of furan rings is 1. The zero-order valence-electron chi connectivity index (χ0n) is 50.5. The fourth-order valence-electron chi connectivity index (χ4n) is 12.5. The summed E-state index contributed by atoms with van der Waals surface area (Å²) < 4.78 is 6.49. The number of nitrogens with zero attached hydrogens (tertiary/aromatic N) is 4. The maximum Gasteiger partial charge on any atom is 0.135 e. The minimum Gasteiger partial charge on any atom is -0.456 e. The van der Waals surface area contributed by atoms with Crippen LogP contribution in [0.3, 0.4) is 0 Å². The van der Waals surface area contributed by atoms with Gasteiger partial charge in [-0.25, -0.2) is 0 Å². The van der Waals surface area contributed by atoms with E-state index in [0.717, 1.165) is 101 Å². The molecule has 0 N–H and O–H groups in total. The number of benzene rings is 12. The van der Waals surface area contributed by atoms with Gasteiger partial charge in [0.25, 0.3) is 0 Å². The van der Waals surface area contributed by atoms with E-state index in [0.29, 0.717) is 0 Å². The monoisotopic (exact) mass is 1110 g/mol. The first-order valence-electron chi connectivity index (χ1n) is 29.8. The van der Waals surface area contributed by atoms with Crippen molar-refractivity contribution >= 4 is 84.5 Å². The third-order valence-electron chi connectivity index (χ3n) is 17.0. The van der Waals surface area contributed by atoms with Gasteiger partial charge >= 0.3 is 0 Å². The lowest BCUT2D eigenvalue weighted by Gasteiger charge is -2.28. The van der Waals surface area contributed by atoms with Crippen molar-refractivity contribution < 1.29 is 4.42 Å². The molecule has 420 valence electrons. The molecule has 5 heteroatoms. The second kappa shape index (κ2) is 23.0. The Kier molecular flexibility index (Phi) is 14.7. The minimum absolute atomic E-state index is 0.864. The van der Waals surface area contributed by atoms with Gasteiger partial charge in [0.15, 0.2) is 0 Å². The van der Waals surface area contributed by atoms with E-state index in [-0.39, 0.29) is 0 Å². The lowest BCUT2D eigenvalue weighted by molar-refractivity contribution is 0.669. The highest BCUT2D eigenvalue weighted by molar-refractivity contribution is 6.08. The van der Waals surface area contributed by atoms with Gasteiger partial charge in [0, 0.05) is 80.4 Å². The fourth-order valence-corrected chi connectivity index (χ4v) is 12.5. The Morgan fingerprint density at radius 2 is 0.500 bits per heavy atom. The Labute approximate surface area is 506 Å². The lowest BCUT2D eigenvalue weighted by Crippen LogP contribution is -2.12. The quantitative estimate of drug-likeness (QED) is 0.108. The van der Waals surface area contributed by atoms with Gasteiger partial charge in [-0.3, -0.25) is 0 Å². The largest absolute Gasteiger partial charge is 0.456 e. The number of anilines is 11. The standard InChI is InChI=1S/C81H70N4O/c1-53-15-41-76(57(5)47-53)82(9)72-39-45-80-74(51-72)75-52-73(40-46-81(75)86-80)85(79-44-18-56(4)50-60(79)8)71-37-27-66(28-38-71)65-25-35-70(36-26-65)84(78-43-17-55(3)49-59(78)7)69-33-23-64(24-34-69)63-21-31-68(32-22-63)83(77-42-16-54(2)48-58(77)6)67-29-19-62(20-30-67)61-13-11-10-12-14-61/h10-52H,1-9H3. The fraction of sp³-hybridized carbons (Fsp3) is 0.111. The molecule has 1 heterocycles. The number of hydrogen-bond donors (Lipinski definition) is 0. The van der Waals surface area contributed by atoms with Crippen LogP contribution in [-0.2, 0) is 0 Å². The highest BCUT2D eigenvalue weighted by Gasteiger charge is 2.21. The van der Waals surface area contributed by atoms with E-state index in [1.807, 2.05) is 0 Å². The summed E-state index contributed by atoms with van der Waals surface area (Å²) in [7, 11) is 2.14. The van der Waals surface area contributed by atoms with Crippen LogP contribution in [0.15, 0.2) is 265 Å². The topological polar surface area (TPSA) is 26.1 Å². The van der Waals surface area contributed by atoms with Crippen LogP contribution in [0, 0.1) is 55.4 Å². The third-order valence-corrected chi connectivity index (χ3v) is 17.0. The van der Waals surface area contributed by atoms with E-state index < -0.39 is 0 Å². The molecule has 0 aliphatic heterocycles. The molecule has 0 amide bonds. The summed E-state index contributed by atoms with van der Waals surface area (Å²) in [5.41, 5.74) is 30.9. The molecule has 12 aromatic carbocycles. The van der Waals surface area contributed by atoms with Crippen molar-refractivity contribution in [1.29, 1.82) is 0 Å². The number of rotatable bonds is 14. The Bertz CT molecular complexity index is 4600. The van der Waals surface area contributed by atoms with Crippen molar-refractivity contribution in [2.75, 3.05) is 26.6 Å². The van der Waals surface area contributed by atoms with Crippen molar-refractivity contribution in [3.8, 4) is 33.4 Å². The molecule has 0 unspecified atom stereocenters. The van der Waals surface area contributed by atoms with Gasteiger partial charge in [-0.1, -0.05) is 162 Å². The summed E-state index contributed by atoms with van der Waals surface area (Å²) in [6, 6.07) is 95.4. The van der Waals surface area contributed by atoms with E-state index >= 15 is 0 Å². The summed E-state index contributed by atoms with van der Waals surface area (Å²) in [5, 5.41) is 2.17. The van der Waals surface area contributed by atoms with Crippen LogP contribution in [0.4, 0.5) is 62.6 Å². The van der Waals surface area contributed by atoms with Gasteiger partial charge in [0.2, 0.25) is 0 Å². The molecule has 0 saturated heterocycles. The first-order chi connectivity index (χ1) is 41.8. The number of fused-ring (bicyclic) bond motifs is 3. The van der Waals surface area contributed by atoms with E-state index in [1.165, 1.54) is 61.3 Å². The maximum atomic E-state index is 6.49. The molecule has 0 aliphatic carbocycles. The van der Waals surface area contributed by atoms with Crippen LogP contribution < -0.4 is 19.6 Å². The minimum atomic E-state index is 0.864. The second-order valence-electron chi connectivity index (χ2n) is 23.3. The van der Waals surface area contributed by atoms with Gasteiger partial charge < -0.3 is 24.0 Å². The molecule has 13 rings (SSSR count). The van der Waals surface area contributed by atoms with E-state index in [4.69, 9.17) is 4.42 Å². The molecule has 0 spiro atoms. The first kappa shape index (κ1) is 54.9. The molecule has 0 fully saturated rings. The van der Waals surface area contributed by atoms with Crippen LogP contribution in [-0.4, -0.2) is 7.05 Å². The Hall–Kier alpha value is -10.4. The molecule has 0 saturated carbocycles. The van der Waals surface area contributed by atoms with Crippen molar-refractivity contribution in [2.45, 2.75) is 55.4 Å². The molecular weight excluding hydrogens is 1040 g/mol. The zero-order valence-corrected chi connectivity index (χ0v) is 50.5. The second-order valence-corrected chi connectivity index (χ2v) is 23.3. The van der Waals surface area contributed by atoms with Gasteiger partial charge in [0.1, 0.15) is 11.2 Å². The summed E-state index contributed by atoms with van der Waals surface area (Å²) in [4.78, 5) is 9.39. The first-order valence-corrected chi connectivity index (χ1v) is 29.8. The maximum absolute atomic E-state index is 6.49. The van der Waals surface area contributed by atoms with Crippen molar-refractivity contribution in [3.05, 3.63) is 305 Å². The zero-order chi connectivity index (χ0) is 59.2. The number of aryl methyl sites for hydroxylation is 8. The van der Waals surface area contributed by atoms with Crippen molar-refractivity contribution in [3.63, 3.8) is 0 Å². The molecule has 13 aromatic rings. The smallest absolute Gasteiger partial charge is 0.135 e. The molecule has 0 bridgehead atoms. The molecule has 0 aliphatic rings. The Balaban J connectivity index is 0.788. The normalized spacial score (nSPS) is 11.3. The van der Waals surface area contributed by atoms with Gasteiger partial charge in [-0.2, -0.15) is 0 Å². The average Bonchev–Trinajstić information content (AvgIpc) is 2.57. The molecule has 0 radical (unpaired) electrons. The van der Waals surface area contributed by atoms with Gasteiger partial charge in [0.05, 0.1) is 0 Å². The van der Waals surface area contributed by atoms with Crippen LogP contribution >= 0.6 is 0 Å². The predicted molar refractivity (Wildman–Crippen MR) is 366 cm³/mol. The van der Waals surface area contributed by atoms with E-state index in [9.17, 15) is 0 Å². The van der Waals surface area contributed by atoms with Crippen molar-refractivity contribution in [1.82, 2.24) is 0 Å². The van der Waals surface area contributed by atoms with Gasteiger partial charge in [-0.15, -0.1) is 0 Å². The predicted octanol–water partition coefficient (Wildman–Crippen LogP) is 23.2. The number of hydrogen-bond acceptors (Lipinski definition) is 5. The summed E-state index contributed by atoms with van der Waals surface area (Å²) in [6.07, 6.45) is 0. The molecule has 1 aromatic heterocycles. The third kappa shape index (κ3) is 10.8. The average molecular weight is 1120 g/mol. The van der Waals surface area contributed by atoms with Gasteiger partial charge in [-0.05, 0) is 232 Å². The summed E-state index contributed by atoms with van der Waals surface area (Å²) in [5.74, 6) is 0. The van der Waals surface area contributed by atoms with Crippen LogP contribution in [0.5, 0.6) is 0 Å². The van der Waals surface area contributed by atoms with Crippen LogP contribution in [0.25, 0.3) is 55.3 Å². The molecule has 0 atom stereocenters. The van der Waals surface area contributed by atoms with E-state index in [2.05, 4.69) is 343 Å². The van der Waals surface area contributed by atoms with Crippen molar-refractivity contribution in [2.24, 2.45) is 0 Å². The molecular formula is C81H70N4O. The Morgan fingerprint density at radius 1 is 0.233 bits per heavy atom. The van der Waals surface area contributed by atoms with Crippen LogP contribution in [0.2, 0.25) is 0 Å². The summed E-state index contributed by atoms with van der Waals surface area (Å²) >= 11 is 0. The Morgan fingerprint density at radius 3 is 0.826 bits per heavy atom. The highest BCUT2D eigenvalue weighted by Crippen LogP contribution is 2.45. The highest BCUT2D eigenvalue weighted by atomic mass is 16.3. The lowest BCUT2D eigenvalue weighted by atomic mass is 10.0.